The molecule has 0 aliphatic heterocycles. The summed E-state index contributed by atoms with van der Waals surface area (Å²) >= 11 is 13.3. The largest absolute Gasteiger partial charge is 0.481 e. The second-order valence-electron chi connectivity index (χ2n) is 8.13. The van der Waals surface area contributed by atoms with Crippen LogP contribution in [0.1, 0.15) is 87.9 Å². The van der Waals surface area contributed by atoms with Gasteiger partial charge in [-0.15, -0.1) is 23.2 Å². The summed E-state index contributed by atoms with van der Waals surface area (Å²) in [6.07, 6.45) is 11.2. The van der Waals surface area contributed by atoms with E-state index in [0.717, 1.165) is 50.5 Å². The summed E-state index contributed by atoms with van der Waals surface area (Å²) in [7, 11) is 0. The van der Waals surface area contributed by atoms with Crippen LogP contribution in [0.5, 0.6) is 0 Å². The third-order valence-corrected chi connectivity index (χ3v) is 6.84. The van der Waals surface area contributed by atoms with Gasteiger partial charge in [-0.2, -0.15) is 0 Å². The molecule has 1 fully saturated rings. The minimum Gasteiger partial charge on any atom is -0.481 e. The fraction of sp³-hybridized carbons (Fsp3) is 0.625. The number of hydrogen-bond donors (Lipinski definition) is 2. The lowest BCUT2D eigenvalue weighted by atomic mass is 9.85. The first-order chi connectivity index (χ1) is 13.9. The zero-order chi connectivity index (χ0) is 21.2. The number of aliphatic carboxylic acids is 1. The Labute approximate surface area is 185 Å². The molecule has 2 rings (SSSR count). The van der Waals surface area contributed by atoms with Gasteiger partial charge in [0.15, 0.2) is 0 Å². The highest BCUT2D eigenvalue weighted by molar-refractivity contribution is 6.25. The van der Waals surface area contributed by atoms with Crippen LogP contribution in [0.15, 0.2) is 36.4 Å². The molecule has 29 heavy (non-hydrogen) atoms. The van der Waals surface area contributed by atoms with Gasteiger partial charge in [-0.1, -0.05) is 62.6 Å². The summed E-state index contributed by atoms with van der Waals surface area (Å²) in [4.78, 5) is 10.6. The van der Waals surface area contributed by atoms with Gasteiger partial charge in [-0.3, -0.25) is 4.79 Å². The normalized spacial score (nSPS) is 25.5. The van der Waals surface area contributed by atoms with Crippen molar-refractivity contribution in [3.05, 3.63) is 47.5 Å². The fourth-order valence-electron chi connectivity index (χ4n) is 4.22. The molecule has 0 amide bonds. The quantitative estimate of drug-likeness (QED) is 0.213. The summed E-state index contributed by atoms with van der Waals surface area (Å²) in [5.74, 6) is -0.302. The smallest absolute Gasteiger partial charge is 0.303 e. The number of carbonyl (C=O) groups is 1. The molecule has 0 saturated heterocycles. The monoisotopic (exact) mass is 440 g/mol. The van der Waals surface area contributed by atoms with Gasteiger partial charge in [0.1, 0.15) is 0 Å². The Morgan fingerprint density at radius 1 is 1.14 bits per heavy atom. The third kappa shape index (κ3) is 7.62. The summed E-state index contributed by atoms with van der Waals surface area (Å²) in [6.45, 7) is 2.16. The lowest BCUT2D eigenvalue weighted by Crippen LogP contribution is -2.16. The number of carboxylic acids is 1. The van der Waals surface area contributed by atoms with Gasteiger partial charge >= 0.3 is 5.97 Å². The highest BCUT2D eigenvalue weighted by Gasteiger charge is 2.41. The maximum atomic E-state index is 10.6. The van der Waals surface area contributed by atoms with Crippen molar-refractivity contribution in [3.8, 4) is 0 Å². The van der Waals surface area contributed by atoms with E-state index in [2.05, 4.69) is 31.2 Å². The Morgan fingerprint density at radius 3 is 2.52 bits per heavy atom. The van der Waals surface area contributed by atoms with E-state index >= 15 is 0 Å². The first-order valence-electron chi connectivity index (χ1n) is 10.9. The van der Waals surface area contributed by atoms with Crippen LogP contribution in [0.4, 0.5) is 0 Å². The van der Waals surface area contributed by atoms with E-state index in [1.807, 2.05) is 12.1 Å². The summed E-state index contributed by atoms with van der Waals surface area (Å²) in [5, 5.41) is 19.1. The SMILES string of the molecule is CCCCCC(O)c1ccc([C@@H]2[C@@H](C/C=C\CCCC(=O)O)[C@H](Cl)C[C@@H]2Cl)cc1. The van der Waals surface area contributed by atoms with Gasteiger partial charge in [0, 0.05) is 23.1 Å². The number of unbranched alkanes of at least 4 members (excludes halogenated alkanes) is 3. The maximum absolute atomic E-state index is 10.6. The Balaban J connectivity index is 1.96. The Bertz CT molecular complexity index is 644. The minimum atomic E-state index is -0.751. The molecule has 1 aromatic rings. The van der Waals surface area contributed by atoms with E-state index in [-0.39, 0.29) is 29.0 Å². The van der Waals surface area contributed by atoms with Crippen LogP contribution in [0.2, 0.25) is 0 Å². The Kier molecular flexibility index (Phi) is 10.5. The van der Waals surface area contributed by atoms with Gasteiger partial charge in [-0.25, -0.2) is 0 Å². The molecule has 5 heteroatoms. The first-order valence-corrected chi connectivity index (χ1v) is 11.7. The van der Waals surface area contributed by atoms with Crippen LogP contribution in [-0.4, -0.2) is 26.9 Å². The van der Waals surface area contributed by atoms with E-state index in [9.17, 15) is 9.90 Å². The van der Waals surface area contributed by atoms with Crippen molar-refractivity contribution >= 4 is 29.2 Å². The number of alkyl halides is 2. The van der Waals surface area contributed by atoms with Gasteiger partial charge < -0.3 is 10.2 Å². The van der Waals surface area contributed by atoms with Crippen molar-refractivity contribution in [3.63, 3.8) is 0 Å². The zero-order valence-corrected chi connectivity index (χ0v) is 18.8. The van der Waals surface area contributed by atoms with E-state index in [4.69, 9.17) is 28.3 Å². The molecule has 0 heterocycles. The Morgan fingerprint density at radius 2 is 1.86 bits per heavy atom. The maximum Gasteiger partial charge on any atom is 0.303 e. The molecule has 0 radical (unpaired) electrons. The topological polar surface area (TPSA) is 57.5 Å². The molecule has 1 saturated carbocycles. The van der Waals surface area contributed by atoms with E-state index in [0.29, 0.717) is 6.42 Å². The number of aliphatic hydroxyl groups is 1. The number of hydrogen-bond acceptors (Lipinski definition) is 2. The van der Waals surface area contributed by atoms with Crippen molar-refractivity contribution in [1.29, 1.82) is 0 Å². The van der Waals surface area contributed by atoms with Crippen LogP contribution in [-0.2, 0) is 4.79 Å². The van der Waals surface area contributed by atoms with Crippen molar-refractivity contribution in [1.82, 2.24) is 0 Å². The molecule has 0 spiro atoms. The highest BCUT2D eigenvalue weighted by atomic mass is 35.5. The molecular weight excluding hydrogens is 407 g/mol. The average molecular weight is 441 g/mol. The Hall–Kier alpha value is -1.03. The number of rotatable bonds is 12. The molecule has 0 aromatic heterocycles. The second-order valence-corrected chi connectivity index (χ2v) is 9.25. The molecule has 3 nitrogen and oxygen atoms in total. The lowest BCUT2D eigenvalue weighted by Gasteiger charge is -2.23. The zero-order valence-electron chi connectivity index (χ0n) is 17.3. The van der Waals surface area contributed by atoms with E-state index in [1.54, 1.807) is 0 Å². The molecule has 5 atom stereocenters. The molecule has 1 aliphatic carbocycles. The second kappa shape index (κ2) is 12.6. The lowest BCUT2D eigenvalue weighted by molar-refractivity contribution is -0.137. The molecule has 2 N–H and O–H groups in total. The van der Waals surface area contributed by atoms with Crippen LogP contribution in [0.3, 0.4) is 0 Å². The van der Waals surface area contributed by atoms with Crippen LogP contribution in [0.25, 0.3) is 0 Å². The molecule has 1 aromatic carbocycles. The molecular formula is C24H34Cl2O3. The van der Waals surface area contributed by atoms with Gasteiger partial charge in [-0.05, 0) is 49.1 Å². The highest BCUT2D eigenvalue weighted by Crippen LogP contribution is 2.47. The number of carboxylic acid groups (broad SMARTS) is 1. The molecule has 0 bridgehead atoms. The van der Waals surface area contributed by atoms with Crippen LogP contribution in [0, 0.1) is 5.92 Å². The van der Waals surface area contributed by atoms with E-state index < -0.39 is 12.1 Å². The summed E-state index contributed by atoms with van der Waals surface area (Å²) < 4.78 is 0. The minimum absolute atomic E-state index is 0.00300. The molecule has 162 valence electrons. The average Bonchev–Trinajstić information content (AvgIpc) is 2.97. The van der Waals surface area contributed by atoms with Crippen LogP contribution >= 0.6 is 23.2 Å². The fourth-order valence-corrected chi connectivity index (χ4v) is 5.28. The third-order valence-electron chi connectivity index (χ3n) is 5.89. The number of benzene rings is 1. The van der Waals surface area contributed by atoms with Crippen molar-refractivity contribution in [2.75, 3.05) is 0 Å². The summed E-state index contributed by atoms with van der Waals surface area (Å²) in [6, 6.07) is 8.24. The molecule has 1 aliphatic rings. The van der Waals surface area contributed by atoms with Gasteiger partial charge in [0.25, 0.3) is 0 Å². The van der Waals surface area contributed by atoms with Crippen molar-refractivity contribution in [2.24, 2.45) is 5.92 Å². The predicted molar refractivity (Wildman–Crippen MR) is 121 cm³/mol. The van der Waals surface area contributed by atoms with E-state index in [1.165, 1.54) is 5.56 Å². The standard InChI is InChI=1S/C24H34Cl2O3/c1-2-3-6-10-22(27)17-12-14-18(15-13-17)24-19(20(25)16-21(24)26)9-7-4-5-8-11-23(28)29/h4,7,12-15,19-22,24,27H,2-3,5-6,8-11,16H2,1H3,(H,28,29)/b7-4-/t19-,20+,21-,22?,24+/m0/s1. The summed E-state index contributed by atoms with van der Waals surface area (Å²) in [5.41, 5.74) is 2.15. The van der Waals surface area contributed by atoms with Crippen LogP contribution < -0.4 is 0 Å². The van der Waals surface area contributed by atoms with Crippen molar-refractivity contribution in [2.45, 2.75) is 87.5 Å². The number of halogens is 2. The predicted octanol–water partition coefficient (Wildman–Crippen LogP) is 6.82. The number of allylic oxidation sites excluding steroid dienone is 2. The van der Waals surface area contributed by atoms with Crippen molar-refractivity contribution < 1.29 is 15.0 Å². The van der Waals surface area contributed by atoms with Gasteiger partial charge in [0.2, 0.25) is 0 Å². The number of aliphatic hydroxyl groups excluding tert-OH is 1. The van der Waals surface area contributed by atoms with Gasteiger partial charge in [0.05, 0.1) is 6.10 Å². The first kappa shape index (κ1) is 24.2. The molecule has 1 unspecified atom stereocenters.